The van der Waals surface area contributed by atoms with Crippen molar-refractivity contribution >= 4 is 5.91 Å². The van der Waals surface area contributed by atoms with Crippen LogP contribution >= 0.6 is 0 Å². The lowest BCUT2D eigenvalue weighted by atomic mass is 9.96. The summed E-state index contributed by atoms with van der Waals surface area (Å²) in [6.07, 6.45) is 0. The van der Waals surface area contributed by atoms with Crippen LogP contribution in [-0.2, 0) is 11.3 Å². The third-order valence-electron chi connectivity index (χ3n) is 5.04. The molecule has 1 amide bonds. The highest BCUT2D eigenvalue weighted by atomic mass is 16.5. The molecule has 2 heterocycles. The minimum Gasteiger partial charge on any atom is -0.361 e. The zero-order valence-electron chi connectivity index (χ0n) is 16.5. The van der Waals surface area contributed by atoms with Crippen molar-refractivity contribution in [2.45, 2.75) is 33.4 Å². The van der Waals surface area contributed by atoms with Crippen molar-refractivity contribution in [2.24, 2.45) is 5.92 Å². The van der Waals surface area contributed by atoms with Crippen LogP contribution in [0.1, 0.15) is 36.9 Å². The molecule has 1 aromatic heterocycles. The van der Waals surface area contributed by atoms with Gasteiger partial charge in [-0.3, -0.25) is 14.6 Å². The highest BCUT2D eigenvalue weighted by Gasteiger charge is 2.22. The second-order valence-corrected chi connectivity index (χ2v) is 7.68. The van der Waals surface area contributed by atoms with Crippen LogP contribution in [0, 0.1) is 12.8 Å². The topological polar surface area (TPSA) is 61.6 Å². The van der Waals surface area contributed by atoms with Crippen LogP contribution in [0.2, 0.25) is 0 Å². The minimum atomic E-state index is 0.0513. The highest BCUT2D eigenvalue weighted by Crippen LogP contribution is 2.21. The first-order valence-corrected chi connectivity index (χ1v) is 9.72. The quantitative estimate of drug-likeness (QED) is 0.812. The van der Waals surface area contributed by atoms with Gasteiger partial charge in [0.2, 0.25) is 5.91 Å². The molecular weight excluding hydrogens is 340 g/mol. The first-order chi connectivity index (χ1) is 13.0. The molecule has 1 saturated heterocycles. The van der Waals surface area contributed by atoms with Gasteiger partial charge in [0.15, 0.2) is 0 Å². The standard InChI is InChI=1S/C21H30N4O2/c1-16(2)21(18-7-5-4-6-8-18)22-20(26)15-25-11-9-24(10-12-25)14-19-13-17(3)27-23-19/h4-8,13,16,21H,9-12,14-15H2,1-3H3,(H,22,26). The van der Waals surface area contributed by atoms with Crippen molar-refractivity contribution in [1.29, 1.82) is 0 Å². The molecule has 3 rings (SSSR count). The van der Waals surface area contributed by atoms with Gasteiger partial charge in [0.25, 0.3) is 0 Å². The van der Waals surface area contributed by atoms with E-state index in [2.05, 4.69) is 46.3 Å². The first-order valence-electron chi connectivity index (χ1n) is 9.72. The van der Waals surface area contributed by atoms with Crippen molar-refractivity contribution in [2.75, 3.05) is 32.7 Å². The van der Waals surface area contributed by atoms with Crippen LogP contribution in [0.25, 0.3) is 0 Å². The van der Waals surface area contributed by atoms with Gasteiger partial charge >= 0.3 is 0 Å². The second-order valence-electron chi connectivity index (χ2n) is 7.68. The van der Waals surface area contributed by atoms with Crippen molar-refractivity contribution in [3.05, 3.63) is 53.4 Å². The van der Waals surface area contributed by atoms with Gasteiger partial charge in [-0.15, -0.1) is 0 Å². The normalized spacial score (nSPS) is 17.2. The summed E-state index contributed by atoms with van der Waals surface area (Å²) in [5.74, 6) is 1.29. The van der Waals surface area contributed by atoms with Crippen molar-refractivity contribution in [1.82, 2.24) is 20.3 Å². The van der Waals surface area contributed by atoms with Crippen LogP contribution < -0.4 is 5.32 Å². The molecule has 6 heteroatoms. The Balaban J connectivity index is 1.46. The SMILES string of the molecule is Cc1cc(CN2CCN(CC(=O)NC(c3ccccc3)C(C)C)CC2)no1. The number of carbonyl (C=O) groups excluding carboxylic acids is 1. The number of aromatic nitrogens is 1. The molecule has 0 saturated carbocycles. The van der Waals surface area contributed by atoms with E-state index in [0.29, 0.717) is 12.5 Å². The summed E-state index contributed by atoms with van der Waals surface area (Å²) >= 11 is 0. The molecule has 0 radical (unpaired) electrons. The fourth-order valence-corrected chi connectivity index (χ4v) is 3.54. The number of rotatable bonds is 7. The summed E-state index contributed by atoms with van der Waals surface area (Å²) < 4.78 is 5.13. The molecule has 1 fully saturated rings. The fourth-order valence-electron chi connectivity index (χ4n) is 3.54. The maximum atomic E-state index is 12.6. The van der Waals surface area contributed by atoms with Gasteiger partial charge in [-0.2, -0.15) is 0 Å². The monoisotopic (exact) mass is 370 g/mol. The van der Waals surface area contributed by atoms with Crippen LogP contribution in [-0.4, -0.2) is 53.6 Å². The fraction of sp³-hybridized carbons (Fsp3) is 0.524. The van der Waals surface area contributed by atoms with Crippen LogP contribution in [0.15, 0.2) is 40.9 Å². The van der Waals surface area contributed by atoms with E-state index < -0.39 is 0 Å². The van der Waals surface area contributed by atoms with Gasteiger partial charge < -0.3 is 9.84 Å². The maximum Gasteiger partial charge on any atom is 0.234 e. The first kappa shape index (κ1) is 19.6. The molecule has 1 aromatic carbocycles. The molecule has 1 aliphatic rings. The Morgan fingerprint density at radius 1 is 1.15 bits per heavy atom. The number of carbonyl (C=O) groups is 1. The van der Waals surface area contributed by atoms with E-state index in [-0.39, 0.29) is 11.9 Å². The largest absolute Gasteiger partial charge is 0.361 e. The summed E-state index contributed by atoms with van der Waals surface area (Å²) in [5, 5.41) is 7.28. The van der Waals surface area contributed by atoms with Crippen molar-refractivity contribution < 1.29 is 9.32 Å². The highest BCUT2D eigenvalue weighted by molar-refractivity contribution is 5.78. The number of piperazine rings is 1. The molecule has 1 N–H and O–H groups in total. The Morgan fingerprint density at radius 2 is 1.81 bits per heavy atom. The van der Waals surface area contributed by atoms with E-state index in [4.69, 9.17) is 4.52 Å². The van der Waals surface area contributed by atoms with E-state index in [1.165, 1.54) is 0 Å². The molecule has 0 spiro atoms. The summed E-state index contributed by atoms with van der Waals surface area (Å²) in [5.41, 5.74) is 2.13. The van der Waals surface area contributed by atoms with E-state index >= 15 is 0 Å². The lowest BCUT2D eigenvalue weighted by molar-refractivity contribution is -0.123. The number of benzene rings is 1. The van der Waals surface area contributed by atoms with Gasteiger partial charge in [0.05, 0.1) is 18.3 Å². The van der Waals surface area contributed by atoms with Gasteiger partial charge in [0.1, 0.15) is 5.76 Å². The number of amides is 1. The molecule has 1 atom stereocenters. The van der Waals surface area contributed by atoms with Gasteiger partial charge in [0, 0.05) is 38.8 Å². The van der Waals surface area contributed by atoms with E-state index in [1.807, 2.05) is 31.2 Å². The van der Waals surface area contributed by atoms with Gasteiger partial charge in [-0.25, -0.2) is 0 Å². The molecule has 0 bridgehead atoms. The van der Waals surface area contributed by atoms with E-state index in [1.54, 1.807) is 0 Å². The summed E-state index contributed by atoms with van der Waals surface area (Å²) in [6, 6.07) is 12.2. The number of nitrogens with zero attached hydrogens (tertiary/aromatic N) is 3. The Kier molecular flexibility index (Phi) is 6.63. The lowest BCUT2D eigenvalue weighted by Crippen LogP contribution is -2.49. The number of hydrogen-bond donors (Lipinski definition) is 1. The van der Waals surface area contributed by atoms with Crippen LogP contribution in [0.4, 0.5) is 0 Å². The van der Waals surface area contributed by atoms with Crippen molar-refractivity contribution in [3.63, 3.8) is 0 Å². The predicted octanol–water partition coefficient (Wildman–Crippen LogP) is 2.61. The maximum absolute atomic E-state index is 12.6. The summed E-state index contributed by atoms with van der Waals surface area (Å²) in [7, 11) is 0. The smallest absolute Gasteiger partial charge is 0.234 e. The molecular formula is C21H30N4O2. The number of aryl methyl sites for hydroxylation is 1. The Bertz CT molecular complexity index is 721. The molecule has 146 valence electrons. The van der Waals surface area contributed by atoms with Gasteiger partial charge in [-0.05, 0) is 18.4 Å². The zero-order valence-corrected chi connectivity index (χ0v) is 16.5. The summed E-state index contributed by atoms with van der Waals surface area (Å²) in [6.45, 7) is 11.1. The van der Waals surface area contributed by atoms with Crippen LogP contribution in [0.3, 0.4) is 0 Å². The van der Waals surface area contributed by atoms with Gasteiger partial charge in [-0.1, -0.05) is 49.3 Å². The lowest BCUT2D eigenvalue weighted by Gasteiger charge is -2.34. The minimum absolute atomic E-state index is 0.0513. The van der Waals surface area contributed by atoms with E-state index in [9.17, 15) is 4.79 Å². The van der Waals surface area contributed by atoms with E-state index in [0.717, 1.165) is 49.7 Å². The molecule has 2 aromatic rings. The molecule has 27 heavy (non-hydrogen) atoms. The average molecular weight is 370 g/mol. The third kappa shape index (κ3) is 5.65. The third-order valence-corrected chi connectivity index (χ3v) is 5.04. The summed E-state index contributed by atoms with van der Waals surface area (Å²) in [4.78, 5) is 17.2. The average Bonchev–Trinajstić information content (AvgIpc) is 3.06. The second kappa shape index (κ2) is 9.15. The number of nitrogens with one attached hydrogen (secondary N) is 1. The molecule has 1 unspecified atom stereocenters. The predicted molar refractivity (Wildman–Crippen MR) is 105 cm³/mol. The Labute approximate surface area is 161 Å². The molecule has 6 nitrogen and oxygen atoms in total. The van der Waals surface area contributed by atoms with Crippen LogP contribution in [0.5, 0.6) is 0 Å². The van der Waals surface area contributed by atoms with Crippen molar-refractivity contribution in [3.8, 4) is 0 Å². The Hall–Kier alpha value is -2.18. The zero-order chi connectivity index (χ0) is 19.2. The Morgan fingerprint density at radius 3 is 2.41 bits per heavy atom. The molecule has 0 aliphatic carbocycles. The number of hydrogen-bond acceptors (Lipinski definition) is 5. The molecule has 1 aliphatic heterocycles.